The average Bonchev–Trinajstić information content (AvgIpc) is 2.74. The van der Waals surface area contributed by atoms with Crippen molar-refractivity contribution in [3.05, 3.63) is 46.8 Å². The van der Waals surface area contributed by atoms with E-state index in [4.69, 9.17) is 0 Å². The molecule has 0 atom stereocenters. The van der Waals surface area contributed by atoms with Crippen molar-refractivity contribution in [2.24, 2.45) is 5.92 Å². The Morgan fingerprint density at radius 2 is 1.83 bits per heavy atom. The molecule has 1 aromatic heterocycles. The van der Waals surface area contributed by atoms with E-state index in [0.717, 1.165) is 34.7 Å². The van der Waals surface area contributed by atoms with E-state index in [-0.39, 0.29) is 5.91 Å². The van der Waals surface area contributed by atoms with Crippen LogP contribution in [0.15, 0.2) is 24.3 Å². The summed E-state index contributed by atoms with van der Waals surface area (Å²) in [5.41, 5.74) is 5.14. The lowest BCUT2D eigenvalue weighted by atomic mass is 10.0. The normalized spacial score (nSPS) is 11.3. The number of carbonyl (C=O) groups excluding carboxylic acids is 1. The molecule has 0 bridgehead atoms. The van der Waals surface area contributed by atoms with Crippen molar-refractivity contribution in [2.75, 3.05) is 5.32 Å². The minimum Gasteiger partial charge on any atom is -0.326 e. The number of rotatable bonds is 6. The van der Waals surface area contributed by atoms with Crippen molar-refractivity contribution >= 4 is 11.6 Å². The molecule has 4 heteroatoms. The predicted molar refractivity (Wildman–Crippen MR) is 99.4 cm³/mol. The van der Waals surface area contributed by atoms with Crippen LogP contribution in [-0.4, -0.2) is 15.7 Å². The Bertz CT molecular complexity index is 714. The number of para-hydroxylation sites is 1. The largest absolute Gasteiger partial charge is 0.326 e. The summed E-state index contributed by atoms with van der Waals surface area (Å²) >= 11 is 0. The molecule has 4 nitrogen and oxygen atoms in total. The minimum absolute atomic E-state index is 0.0124. The van der Waals surface area contributed by atoms with Gasteiger partial charge in [-0.3, -0.25) is 9.48 Å². The Balaban J connectivity index is 2.15. The van der Waals surface area contributed by atoms with Gasteiger partial charge in [-0.15, -0.1) is 0 Å². The van der Waals surface area contributed by atoms with E-state index in [1.807, 2.05) is 36.7 Å². The summed E-state index contributed by atoms with van der Waals surface area (Å²) in [6.45, 7) is 13.5. The summed E-state index contributed by atoms with van der Waals surface area (Å²) in [7, 11) is 0. The van der Waals surface area contributed by atoms with Crippen molar-refractivity contribution in [3.63, 3.8) is 0 Å². The van der Waals surface area contributed by atoms with Crippen molar-refractivity contribution in [1.29, 1.82) is 0 Å². The van der Waals surface area contributed by atoms with Crippen LogP contribution in [0.1, 0.15) is 56.1 Å². The lowest BCUT2D eigenvalue weighted by Gasteiger charge is -2.14. The molecule has 130 valence electrons. The van der Waals surface area contributed by atoms with Gasteiger partial charge in [-0.1, -0.05) is 45.9 Å². The SMILES string of the molecule is Cc1nn(CC(C)C)c(C)c1CC(=O)Nc1ccccc1C(C)C. The van der Waals surface area contributed by atoms with Gasteiger partial charge in [-0.2, -0.15) is 5.10 Å². The Morgan fingerprint density at radius 3 is 2.46 bits per heavy atom. The van der Waals surface area contributed by atoms with Gasteiger partial charge < -0.3 is 5.32 Å². The Hall–Kier alpha value is -2.10. The van der Waals surface area contributed by atoms with E-state index < -0.39 is 0 Å². The lowest BCUT2D eigenvalue weighted by molar-refractivity contribution is -0.115. The molecule has 1 heterocycles. The Kier molecular flexibility index (Phi) is 5.81. The van der Waals surface area contributed by atoms with Crippen molar-refractivity contribution in [2.45, 2.75) is 60.4 Å². The first-order valence-corrected chi connectivity index (χ1v) is 8.71. The van der Waals surface area contributed by atoms with Crippen molar-refractivity contribution < 1.29 is 4.79 Å². The number of aromatic nitrogens is 2. The topological polar surface area (TPSA) is 46.9 Å². The van der Waals surface area contributed by atoms with Crippen LogP contribution in [0.4, 0.5) is 5.69 Å². The van der Waals surface area contributed by atoms with E-state index in [0.29, 0.717) is 18.3 Å². The van der Waals surface area contributed by atoms with Crippen LogP contribution in [0.3, 0.4) is 0 Å². The number of hydrogen-bond acceptors (Lipinski definition) is 2. The first-order chi connectivity index (χ1) is 11.3. The quantitative estimate of drug-likeness (QED) is 0.851. The number of nitrogens with zero attached hydrogens (tertiary/aromatic N) is 2. The molecule has 24 heavy (non-hydrogen) atoms. The van der Waals surface area contributed by atoms with Gasteiger partial charge in [0.1, 0.15) is 0 Å². The molecule has 0 saturated heterocycles. The van der Waals surface area contributed by atoms with E-state index in [1.165, 1.54) is 0 Å². The lowest BCUT2D eigenvalue weighted by Crippen LogP contribution is -2.17. The van der Waals surface area contributed by atoms with Gasteiger partial charge in [0.2, 0.25) is 5.91 Å². The second kappa shape index (κ2) is 7.65. The van der Waals surface area contributed by atoms with Crippen molar-refractivity contribution in [3.8, 4) is 0 Å². The molecule has 1 N–H and O–H groups in total. The molecule has 0 aliphatic heterocycles. The minimum atomic E-state index is 0.0124. The summed E-state index contributed by atoms with van der Waals surface area (Å²) in [4.78, 5) is 12.5. The smallest absolute Gasteiger partial charge is 0.228 e. The number of aryl methyl sites for hydroxylation is 1. The molecule has 0 radical (unpaired) electrons. The first kappa shape index (κ1) is 18.2. The number of benzene rings is 1. The fraction of sp³-hybridized carbons (Fsp3) is 0.500. The summed E-state index contributed by atoms with van der Waals surface area (Å²) in [5, 5.41) is 7.66. The molecule has 0 saturated carbocycles. The van der Waals surface area contributed by atoms with Gasteiger partial charge in [0.05, 0.1) is 12.1 Å². The van der Waals surface area contributed by atoms with E-state index >= 15 is 0 Å². The maximum atomic E-state index is 12.5. The molecule has 0 fully saturated rings. The second-order valence-electron chi connectivity index (χ2n) is 7.19. The van der Waals surface area contributed by atoms with Gasteiger partial charge in [0.15, 0.2) is 0 Å². The summed E-state index contributed by atoms with van der Waals surface area (Å²) in [5.74, 6) is 0.916. The monoisotopic (exact) mass is 327 g/mol. The zero-order valence-electron chi connectivity index (χ0n) is 15.7. The highest BCUT2D eigenvalue weighted by atomic mass is 16.1. The standard InChI is InChI=1S/C20H29N3O/c1-13(2)12-23-16(6)18(15(5)22-23)11-20(24)21-19-10-8-7-9-17(19)14(3)4/h7-10,13-14H,11-12H2,1-6H3,(H,21,24). The van der Waals surface area contributed by atoms with Gasteiger partial charge in [0, 0.05) is 23.5 Å². The zero-order valence-corrected chi connectivity index (χ0v) is 15.7. The van der Waals surface area contributed by atoms with Crippen molar-refractivity contribution in [1.82, 2.24) is 9.78 Å². The van der Waals surface area contributed by atoms with E-state index in [2.05, 4.69) is 44.2 Å². The van der Waals surface area contributed by atoms with Gasteiger partial charge in [0.25, 0.3) is 0 Å². The molecule has 0 spiro atoms. The molecule has 2 rings (SSSR count). The maximum absolute atomic E-state index is 12.5. The highest BCUT2D eigenvalue weighted by Crippen LogP contribution is 2.24. The van der Waals surface area contributed by atoms with Crippen LogP contribution in [0, 0.1) is 19.8 Å². The molecular weight excluding hydrogens is 298 g/mol. The highest BCUT2D eigenvalue weighted by Gasteiger charge is 2.16. The molecule has 1 amide bonds. The average molecular weight is 327 g/mol. The molecule has 0 aliphatic rings. The van der Waals surface area contributed by atoms with Gasteiger partial charge in [-0.05, 0) is 37.3 Å². The van der Waals surface area contributed by atoms with Crippen LogP contribution < -0.4 is 5.32 Å². The Morgan fingerprint density at radius 1 is 1.17 bits per heavy atom. The van der Waals surface area contributed by atoms with Gasteiger partial charge in [-0.25, -0.2) is 0 Å². The maximum Gasteiger partial charge on any atom is 0.228 e. The van der Waals surface area contributed by atoms with Crippen LogP contribution in [-0.2, 0) is 17.8 Å². The number of hydrogen-bond donors (Lipinski definition) is 1. The molecular formula is C20H29N3O. The second-order valence-corrected chi connectivity index (χ2v) is 7.19. The fourth-order valence-corrected chi connectivity index (χ4v) is 2.98. The van der Waals surface area contributed by atoms with Crippen LogP contribution in [0.2, 0.25) is 0 Å². The fourth-order valence-electron chi connectivity index (χ4n) is 2.98. The number of nitrogens with one attached hydrogen (secondary N) is 1. The predicted octanol–water partition coefficient (Wildman–Crippen LogP) is 4.46. The first-order valence-electron chi connectivity index (χ1n) is 8.71. The number of carbonyl (C=O) groups is 1. The molecule has 1 aromatic carbocycles. The van der Waals surface area contributed by atoms with Crippen LogP contribution in [0.25, 0.3) is 0 Å². The van der Waals surface area contributed by atoms with Gasteiger partial charge >= 0.3 is 0 Å². The zero-order chi connectivity index (χ0) is 17.9. The highest BCUT2D eigenvalue weighted by molar-refractivity contribution is 5.93. The summed E-state index contributed by atoms with van der Waals surface area (Å²) in [6.07, 6.45) is 0.363. The molecule has 0 unspecified atom stereocenters. The molecule has 0 aliphatic carbocycles. The summed E-state index contributed by atoms with van der Waals surface area (Å²) in [6, 6.07) is 8.00. The summed E-state index contributed by atoms with van der Waals surface area (Å²) < 4.78 is 2.02. The number of anilines is 1. The third kappa shape index (κ3) is 4.25. The van der Waals surface area contributed by atoms with E-state index in [1.54, 1.807) is 0 Å². The number of amides is 1. The third-order valence-electron chi connectivity index (χ3n) is 4.26. The van der Waals surface area contributed by atoms with Crippen LogP contribution in [0.5, 0.6) is 0 Å². The Labute approximate surface area is 145 Å². The van der Waals surface area contributed by atoms with Crippen LogP contribution >= 0.6 is 0 Å². The van der Waals surface area contributed by atoms with E-state index in [9.17, 15) is 4.79 Å². The molecule has 2 aromatic rings. The third-order valence-corrected chi connectivity index (χ3v) is 4.26.